The van der Waals surface area contributed by atoms with Crippen LogP contribution < -0.4 is 20.5 Å². The Hall–Kier alpha value is -2.69. The lowest BCUT2D eigenvalue weighted by molar-refractivity contribution is -0.118. The van der Waals surface area contributed by atoms with Crippen LogP contribution in [0.3, 0.4) is 0 Å². The van der Waals surface area contributed by atoms with Gasteiger partial charge in [0.1, 0.15) is 17.5 Å². The number of anilines is 1. The fraction of sp³-hybridized carbons (Fsp3) is 0.188. The highest BCUT2D eigenvalue weighted by Crippen LogP contribution is 2.24. The van der Waals surface area contributed by atoms with Gasteiger partial charge in [0, 0.05) is 11.8 Å². The first-order chi connectivity index (χ1) is 10.1. The van der Waals surface area contributed by atoms with E-state index in [0.717, 1.165) is 17.0 Å². The molecule has 1 amide bonds. The molecule has 0 aliphatic rings. The summed E-state index contributed by atoms with van der Waals surface area (Å²) in [5, 5.41) is 3.11. The number of carbonyl (C=O) groups excluding carboxylic acids is 1. The van der Waals surface area contributed by atoms with Gasteiger partial charge in [-0.1, -0.05) is 18.2 Å². The number of nitrogens with one attached hydrogen (secondary N) is 1. The summed E-state index contributed by atoms with van der Waals surface area (Å²) in [5.74, 6) is 0.976. The molecule has 0 aliphatic carbocycles. The Bertz CT molecular complexity index is 611. The highest BCUT2D eigenvalue weighted by molar-refractivity contribution is 5.84. The monoisotopic (exact) mass is 286 g/mol. The van der Waals surface area contributed by atoms with E-state index >= 15 is 0 Å². The Labute approximate surface area is 123 Å². The first-order valence-corrected chi connectivity index (χ1v) is 6.48. The van der Waals surface area contributed by atoms with E-state index < -0.39 is 11.9 Å². The number of methoxy groups -OCH3 is 2. The van der Waals surface area contributed by atoms with Gasteiger partial charge in [-0.25, -0.2) is 0 Å². The molecular weight excluding hydrogens is 268 g/mol. The number of hydrogen-bond acceptors (Lipinski definition) is 4. The normalized spacial score (nSPS) is 11.5. The third-order valence-corrected chi connectivity index (χ3v) is 3.11. The maximum atomic E-state index is 11.7. The standard InChI is InChI=1S/C16H18N2O3/c1-20-13-8-6-11(7-9-13)15(16(17)19)18-12-4-3-5-14(10-12)21-2/h3-10,15,18H,1-2H3,(H2,17,19). The zero-order valence-corrected chi connectivity index (χ0v) is 12.0. The molecule has 2 rings (SSSR count). The second-order valence-electron chi connectivity index (χ2n) is 4.48. The van der Waals surface area contributed by atoms with Gasteiger partial charge in [0.15, 0.2) is 0 Å². The predicted octanol–water partition coefficient (Wildman–Crippen LogP) is 2.34. The number of amides is 1. The molecule has 2 aromatic rings. The largest absolute Gasteiger partial charge is 0.497 e. The molecule has 0 bridgehead atoms. The van der Waals surface area contributed by atoms with E-state index in [0.29, 0.717) is 5.75 Å². The number of carbonyl (C=O) groups is 1. The van der Waals surface area contributed by atoms with Crippen molar-refractivity contribution in [2.45, 2.75) is 6.04 Å². The average molecular weight is 286 g/mol. The van der Waals surface area contributed by atoms with Gasteiger partial charge in [0.25, 0.3) is 0 Å². The summed E-state index contributed by atoms with van der Waals surface area (Å²) >= 11 is 0. The van der Waals surface area contributed by atoms with Crippen molar-refractivity contribution in [2.24, 2.45) is 5.73 Å². The molecular formula is C16H18N2O3. The van der Waals surface area contributed by atoms with Crippen molar-refractivity contribution < 1.29 is 14.3 Å². The summed E-state index contributed by atoms with van der Waals surface area (Å²) in [7, 11) is 3.18. The molecule has 0 saturated carbocycles. The van der Waals surface area contributed by atoms with Crippen molar-refractivity contribution in [3.05, 3.63) is 54.1 Å². The van der Waals surface area contributed by atoms with Crippen molar-refractivity contribution in [3.63, 3.8) is 0 Å². The maximum Gasteiger partial charge on any atom is 0.244 e. The number of nitrogens with two attached hydrogens (primary N) is 1. The minimum Gasteiger partial charge on any atom is -0.497 e. The van der Waals surface area contributed by atoms with Crippen LogP contribution >= 0.6 is 0 Å². The van der Waals surface area contributed by atoms with E-state index in [-0.39, 0.29) is 0 Å². The molecule has 0 radical (unpaired) electrons. The van der Waals surface area contributed by atoms with Crippen LogP contribution in [0.25, 0.3) is 0 Å². The molecule has 5 nitrogen and oxygen atoms in total. The minimum absolute atomic E-state index is 0.456. The summed E-state index contributed by atoms with van der Waals surface area (Å²) in [4.78, 5) is 11.7. The zero-order chi connectivity index (χ0) is 15.2. The number of hydrogen-bond donors (Lipinski definition) is 2. The van der Waals surface area contributed by atoms with Crippen LogP contribution in [0, 0.1) is 0 Å². The zero-order valence-electron chi connectivity index (χ0n) is 12.0. The van der Waals surface area contributed by atoms with Crippen LogP contribution in [0.15, 0.2) is 48.5 Å². The first kappa shape index (κ1) is 14.7. The third kappa shape index (κ3) is 3.66. The van der Waals surface area contributed by atoms with Crippen molar-refractivity contribution in [1.82, 2.24) is 0 Å². The Morgan fingerprint density at radius 1 is 1.05 bits per heavy atom. The van der Waals surface area contributed by atoms with E-state index in [1.165, 1.54) is 0 Å². The summed E-state index contributed by atoms with van der Waals surface area (Å²) in [5.41, 5.74) is 7.02. The molecule has 0 spiro atoms. The van der Waals surface area contributed by atoms with Crippen molar-refractivity contribution in [3.8, 4) is 11.5 Å². The highest BCUT2D eigenvalue weighted by atomic mass is 16.5. The van der Waals surface area contributed by atoms with Crippen molar-refractivity contribution in [1.29, 1.82) is 0 Å². The fourth-order valence-corrected chi connectivity index (χ4v) is 1.99. The second kappa shape index (κ2) is 6.65. The van der Waals surface area contributed by atoms with Crippen LogP contribution in [0.1, 0.15) is 11.6 Å². The Kier molecular flexibility index (Phi) is 4.66. The molecule has 3 N–H and O–H groups in total. The molecule has 21 heavy (non-hydrogen) atoms. The summed E-state index contributed by atoms with van der Waals surface area (Å²) < 4.78 is 10.3. The van der Waals surface area contributed by atoms with Crippen LogP contribution in [0.4, 0.5) is 5.69 Å². The van der Waals surface area contributed by atoms with Crippen LogP contribution in [0.2, 0.25) is 0 Å². The van der Waals surface area contributed by atoms with Crippen LogP contribution in [-0.2, 0) is 4.79 Å². The van der Waals surface area contributed by atoms with Gasteiger partial charge in [0.05, 0.1) is 14.2 Å². The molecule has 0 heterocycles. The molecule has 0 fully saturated rings. The van der Waals surface area contributed by atoms with Gasteiger partial charge in [-0.2, -0.15) is 0 Å². The number of primary amides is 1. The van der Waals surface area contributed by atoms with Gasteiger partial charge >= 0.3 is 0 Å². The average Bonchev–Trinajstić information content (AvgIpc) is 2.52. The van der Waals surface area contributed by atoms with Gasteiger partial charge in [0.2, 0.25) is 5.91 Å². The molecule has 1 atom stereocenters. The quantitative estimate of drug-likeness (QED) is 0.855. The maximum absolute atomic E-state index is 11.7. The van der Waals surface area contributed by atoms with Gasteiger partial charge in [-0.15, -0.1) is 0 Å². The predicted molar refractivity (Wildman–Crippen MR) is 81.5 cm³/mol. The van der Waals surface area contributed by atoms with Gasteiger partial charge in [-0.05, 0) is 29.8 Å². The van der Waals surface area contributed by atoms with E-state index in [1.54, 1.807) is 44.6 Å². The van der Waals surface area contributed by atoms with E-state index in [4.69, 9.17) is 15.2 Å². The second-order valence-corrected chi connectivity index (χ2v) is 4.48. The summed E-state index contributed by atoms with van der Waals surface area (Å²) in [6, 6.07) is 13.9. The fourth-order valence-electron chi connectivity index (χ4n) is 1.99. The molecule has 5 heteroatoms. The highest BCUT2D eigenvalue weighted by Gasteiger charge is 2.17. The van der Waals surface area contributed by atoms with E-state index in [2.05, 4.69) is 5.32 Å². The number of rotatable bonds is 6. The third-order valence-electron chi connectivity index (χ3n) is 3.11. The molecule has 110 valence electrons. The molecule has 0 aliphatic heterocycles. The molecule has 2 aromatic carbocycles. The minimum atomic E-state index is -0.622. The number of benzene rings is 2. The molecule has 1 unspecified atom stereocenters. The Balaban J connectivity index is 2.23. The Morgan fingerprint density at radius 2 is 1.71 bits per heavy atom. The van der Waals surface area contributed by atoms with Crippen molar-refractivity contribution in [2.75, 3.05) is 19.5 Å². The van der Waals surface area contributed by atoms with Crippen molar-refractivity contribution >= 4 is 11.6 Å². The SMILES string of the molecule is COc1ccc(C(Nc2cccc(OC)c2)C(N)=O)cc1. The van der Waals surface area contributed by atoms with Crippen LogP contribution in [0.5, 0.6) is 11.5 Å². The van der Waals surface area contributed by atoms with Gasteiger partial charge < -0.3 is 20.5 Å². The number of ether oxygens (including phenoxy) is 2. The summed E-state index contributed by atoms with van der Waals surface area (Å²) in [6.07, 6.45) is 0. The van der Waals surface area contributed by atoms with E-state index in [1.807, 2.05) is 18.2 Å². The topological polar surface area (TPSA) is 73.6 Å². The first-order valence-electron chi connectivity index (χ1n) is 6.48. The van der Waals surface area contributed by atoms with Crippen LogP contribution in [-0.4, -0.2) is 20.1 Å². The van der Waals surface area contributed by atoms with E-state index in [9.17, 15) is 4.79 Å². The lowest BCUT2D eigenvalue weighted by atomic mass is 10.1. The smallest absolute Gasteiger partial charge is 0.244 e. The molecule has 0 aromatic heterocycles. The lowest BCUT2D eigenvalue weighted by Gasteiger charge is -2.18. The summed E-state index contributed by atoms with van der Waals surface area (Å²) in [6.45, 7) is 0. The lowest BCUT2D eigenvalue weighted by Crippen LogP contribution is -2.27. The Morgan fingerprint density at radius 3 is 2.29 bits per heavy atom. The molecule has 0 saturated heterocycles. The van der Waals surface area contributed by atoms with Gasteiger partial charge in [-0.3, -0.25) is 4.79 Å².